The average Bonchev–Trinajstić information content (AvgIpc) is 2.73. The molecule has 19 heavy (non-hydrogen) atoms. The van der Waals surface area contributed by atoms with Crippen molar-refractivity contribution in [3.63, 3.8) is 0 Å². The molecule has 1 aromatic carbocycles. The van der Waals surface area contributed by atoms with Gasteiger partial charge in [-0.1, -0.05) is 24.6 Å². The molecule has 0 bridgehead atoms. The maximum absolute atomic E-state index is 3.64. The Morgan fingerprint density at radius 2 is 1.68 bits per heavy atom. The topological polar surface area (TPSA) is 12.0 Å². The molecular weight excluding hydrogens is 250 g/mol. The van der Waals surface area contributed by atoms with Crippen LogP contribution in [0.1, 0.15) is 45.7 Å². The highest BCUT2D eigenvalue weighted by atomic mass is 32.1. The number of thiophene rings is 1. The van der Waals surface area contributed by atoms with Crippen molar-refractivity contribution in [1.82, 2.24) is 5.32 Å². The van der Waals surface area contributed by atoms with Gasteiger partial charge in [0, 0.05) is 4.88 Å². The molecule has 1 atom stereocenters. The quantitative estimate of drug-likeness (QED) is 0.853. The van der Waals surface area contributed by atoms with Gasteiger partial charge in [-0.3, -0.25) is 0 Å². The Hall–Kier alpha value is -1.12. The minimum Gasteiger partial charge on any atom is -0.306 e. The van der Waals surface area contributed by atoms with Crippen molar-refractivity contribution in [2.45, 2.75) is 40.7 Å². The maximum Gasteiger partial charge on any atom is 0.0590 e. The summed E-state index contributed by atoms with van der Waals surface area (Å²) in [7, 11) is 0. The fourth-order valence-corrected chi connectivity index (χ4v) is 3.58. The standard InChI is InChI=1S/C17H23NS/c1-6-18-17(15-9-14(5)19-10-15)16-12(3)7-11(2)8-13(16)4/h7-10,17-18H,6H2,1-5H3. The van der Waals surface area contributed by atoms with E-state index in [-0.39, 0.29) is 0 Å². The molecular formula is C17H23NS. The van der Waals surface area contributed by atoms with Crippen molar-refractivity contribution >= 4 is 11.3 Å². The van der Waals surface area contributed by atoms with Gasteiger partial charge in [-0.15, -0.1) is 11.3 Å². The number of benzene rings is 1. The van der Waals surface area contributed by atoms with Crippen molar-refractivity contribution < 1.29 is 0 Å². The molecule has 0 fully saturated rings. The first-order chi connectivity index (χ1) is 9.02. The molecule has 0 saturated heterocycles. The third-order valence-corrected chi connectivity index (χ3v) is 4.40. The molecule has 1 N–H and O–H groups in total. The fourth-order valence-electron chi connectivity index (χ4n) is 2.85. The summed E-state index contributed by atoms with van der Waals surface area (Å²) in [5.74, 6) is 0. The van der Waals surface area contributed by atoms with Gasteiger partial charge in [0.1, 0.15) is 0 Å². The predicted octanol–water partition coefficient (Wildman–Crippen LogP) is 4.68. The third-order valence-electron chi connectivity index (χ3n) is 3.52. The molecule has 0 spiro atoms. The first kappa shape index (κ1) is 14.3. The Balaban J connectivity index is 2.51. The average molecular weight is 273 g/mol. The Kier molecular flexibility index (Phi) is 4.43. The summed E-state index contributed by atoms with van der Waals surface area (Å²) in [5, 5.41) is 5.92. The van der Waals surface area contributed by atoms with Crippen LogP contribution in [0.25, 0.3) is 0 Å². The summed E-state index contributed by atoms with van der Waals surface area (Å²) in [6.45, 7) is 11.9. The van der Waals surface area contributed by atoms with Crippen molar-refractivity contribution in [2.75, 3.05) is 6.54 Å². The van der Waals surface area contributed by atoms with Crippen LogP contribution in [0.3, 0.4) is 0 Å². The molecule has 1 heterocycles. The van der Waals surface area contributed by atoms with Gasteiger partial charge in [-0.2, -0.15) is 0 Å². The SMILES string of the molecule is CCNC(c1csc(C)c1)c1c(C)cc(C)cc1C. The molecule has 102 valence electrons. The molecule has 0 radical (unpaired) electrons. The van der Waals surface area contributed by atoms with Gasteiger partial charge >= 0.3 is 0 Å². The number of aryl methyl sites for hydroxylation is 4. The van der Waals surface area contributed by atoms with E-state index >= 15 is 0 Å². The van der Waals surface area contributed by atoms with Gasteiger partial charge in [-0.25, -0.2) is 0 Å². The second kappa shape index (κ2) is 5.89. The molecule has 2 rings (SSSR count). The summed E-state index contributed by atoms with van der Waals surface area (Å²) in [4.78, 5) is 1.38. The molecule has 1 nitrogen and oxygen atoms in total. The van der Waals surface area contributed by atoms with Crippen LogP contribution in [-0.4, -0.2) is 6.54 Å². The van der Waals surface area contributed by atoms with E-state index in [1.54, 1.807) is 0 Å². The number of rotatable bonds is 4. The minimum atomic E-state index is 0.315. The van der Waals surface area contributed by atoms with E-state index in [1.165, 1.54) is 32.7 Å². The normalized spacial score (nSPS) is 12.7. The molecule has 0 aliphatic heterocycles. The summed E-state index contributed by atoms with van der Waals surface area (Å²) in [6.07, 6.45) is 0. The van der Waals surface area contributed by atoms with Crippen molar-refractivity contribution in [3.05, 3.63) is 56.3 Å². The second-order valence-electron chi connectivity index (χ2n) is 5.29. The summed E-state index contributed by atoms with van der Waals surface area (Å²) < 4.78 is 0. The van der Waals surface area contributed by atoms with E-state index in [0.717, 1.165) is 6.54 Å². The number of nitrogens with one attached hydrogen (secondary N) is 1. The number of hydrogen-bond acceptors (Lipinski definition) is 2. The van der Waals surface area contributed by atoms with E-state index in [4.69, 9.17) is 0 Å². The van der Waals surface area contributed by atoms with Gasteiger partial charge in [0.2, 0.25) is 0 Å². The minimum absolute atomic E-state index is 0.315. The van der Waals surface area contributed by atoms with E-state index in [0.29, 0.717) is 6.04 Å². The van der Waals surface area contributed by atoms with Crippen molar-refractivity contribution in [2.24, 2.45) is 0 Å². The van der Waals surface area contributed by atoms with Crippen LogP contribution in [0.2, 0.25) is 0 Å². The Morgan fingerprint density at radius 3 is 2.16 bits per heavy atom. The zero-order chi connectivity index (χ0) is 14.0. The van der Waals surface area contributed by atoms with Crippen LogP contribution in [0.15, 0.2) is 23.6 Å². The molecule has 0 aliphatic carbocycles. The highest BCUT2D eigenvalue weighted by Crippen LogP contribution is 2.31. The smallest absolute Gasteiger partial charge is 0.0590 e. The lowest BCUT2D eigenvalue weighted by Crippen LogP contribution is -2.23. The maximum atomic E-state index is 3.64. The van der Waals surface area contributed by atoms with Crippen LogP contribution in [0.4, 0.5) is 0 Å². The van der Waals surface area contributed by atoms with Gasteiger partial charge < -0.3 is 5.32 Å². The zero-order valence-electron chi connectivity index (χ0n) is 12.5. The van der Waals surface area contributed by atoms with Gasteiger partial charge in [0.15, 0.2) is 0 Å². The van der Waals surface area contributed by atoms with Crippen LogP contribution in [-0.2, 0) is 0 Å². The summed E-state index contributed by atoms with van der Waals surface area (Å²) in [5.41, 5.74) is 6.93. The number of hydrogen-bond donors (Lipinski definition) is 1. The lowest BCUT2D eigenvalue weighted by Gasteiger charge is -2.22. The van der Waals surface area contributed by atoms with Gasteiger partial charge in [0.25, 0.3) is 0 Å². The first-order valence-electron chi connectivity index (χ1n) is 6.89. The highest BCUT2D eigenvalue weighted by molar-refractivity contribution is 7.10. The first-order valence-corrected chi connectivity index (χ1v) is 7.77. The molecule has 1 aromatic heterocycles. The second-order valence-corrected chi connectivity index (χ2v) is 6.41. The Bertz CT molecular complexity index is 545. The zero-order valence-corrected chi connectivity index (χ0v) is 13.3. The van der Waals surface area contributed by atoms with Crippen LogP contribution < -0.4 is 5.32 Å². The molecule has 0 amide bonds. The van der Waals surface area contributed by atoms with E-state index in [9.17, 15) is 0 Å². The molecule has 0 aliphatic rings. The van der Waals surface area contributed by atoms with Crippen LogP contribution >= 0.6 is 11.3 Å². The van der Waals surface area contributed by atoms with E-state index < -0.39 is 0 Å². The van der Waals surface area contributed by atoms with E-state index in [2.05, 4.69) is 63.5 Å². The summed E-state index contributed by atoms with van der Waals surface area (Å²) in [6, 6.07) is 7.18. The largest absolute Gasteiger partial charge is 0.306 e. The molecule has 2 aromatic rings. The van der Waals surface area contributed by atoms with E-state index in [1.807, 2.05) is 11.3 Å². The summed E-state index contributed by atoms with van der Waals surface area (Å²) >= 11 is 1.83. The molecule has 2 heteroatoms. The third kappa shape index (κ3) is 3.07. The van der Waals surface area contributed by atoms with Gasteiger partial charge in [0.05, 0.1) is 6.04 Å². The Labute approximate surface area is 120 Å². The lowest BCUT2D eigenvalue weighted by molar-refractivity contribution is 0.626. The fraction of sp³-hybridized carbons (Fsp3) is 0.412. The molecule has 0 saturated carbocycles. The van der Waals surface area contributed by atoms with Crippen LogP contribution in [0.5, 0.6) is 0 Å². The van der Waals surface area contributed by atoms with Crippen molar-refractivity contribution in [3.8, 4) is 0 Å². The predicted molar refractivity (Wildman–Crippen MR) is 85.2 cm³/mol. The molecule has 1 unspecified atom stereocenters. The lowest BCUT2D eigenvalue weighted by atomic mass is 9.91. The Morgan fingerprint density at radius 1 is 1.05 bits per heavy atom. The van der Waals surface area contributed by atoms with Crippen molar-refractivity contribution in [1.29, 1.82) is 0 Å². The monoisotopic (exact) mass is 273 g/mol. The highest BCUT2D eigenvalue weighted by Gasteiger charge is 2.18. The van der Waals surface area contributed by atoms with Gasteiger partial charge in [-0.05, 0) is 67.9 Å². The van der Waals surface area contributed by atoms with Crippen LogP contribution in [0, 0.1) is 27.7 Å².